The molecule has 1 aliphatic rings. The Morgan fingerprint density at radius 3 is 2.95 bits per heavy atom. The third kappa shape index (κ3) is 3.35. The maximum atomic E-state index is 13.7. The molecule has 0 aromatic heterocycles. The van der Waals surface area contributed by atoms with E-state index in [1.807, 2.05) is 0 Å². The lowest BCUT2D eigenvalue weighted by molar-refractivity contribution is 0.0175. The fraction of sp³-hybridized carbons (Fsp3) is 0.400. The second kappa shape index (κ2) is 6.51. The van der Waals surface area contributed by atoms with Crippen LogP contribution in [0.5, 0.6) is 0 Å². The number of aliphatic hydroxyl groups is 1. The number of halogens is 1. The van der Waals surface area contributed by atoms with Gasteiger partial charge in [0.1, 0.15) is 12.4 Å². The van der Waals surface area contributed by atoms with Crippen LogP contribution in [-0.4, -0.2) is 36.9 Å². The smallest absolute Gasteiger partial charge is 0.254 e. The van der Waals surface area contributed by atoms with E-state index in [-0.39, 0.29) is 24.3 Å². The monoisotopic (exact) mass is 277 g/mol. The minimum Gasteiger partial charge on any atom is -0.384 e. The molecule has 1 aliphatic carbocycles. The molecule has 5 heteroatoms. The van der Waals surface area contributed by atoms with Gasteiger partial charge in [-0.2, -0.15) is 0 Å². The molecule has 106 valence electrons. The maximum absolute atomic E-state index is 13.7. The summed E-state index contributed by atoms with van der Waals surface area (Å²) < 4.78 is 18.8. The molecule has 2 rings (SSSR count). The molecule has 1 aromatic carbocycles. The summed E-state index contributed by atoms with van der Waals surface area (Å²) in [6.07, 6.45) is 1.66. The number of hydrogen-bond donors (Lipinski definition) is 2. The summed E-state index contributed by atoms with van der Waals surface area (Å²) >= 11 is 0. The van der Waals surface area contributed by atoms with Crippen LogP contribution in [0.25, 0.3) is 0 Å². The molecule has 0 spiro atoms. The average Bonchev–Trinajstić information content (AvgIpc) is 2.41. The van der Waals surface area contributed by atoms with E-state index in [0.29, 0.717) is 5.56 Å². The van der Waals surface area contributed by atoms with Gasteiger partial charge in [-0.25, -0.2) is 4.39 Å². The van der Waals surface area contributed by atoms with Gasteiger partial charge in [-0.3, -0.25) is 4.79 Å². The number of carbonyl (C=O) groups excluding carboxylic acids is 1. The zero-order valence-electron chi connectivity index (χ0n) is 11.1. The van der Waals surface area contributed by atoms with E-state index in [0.717, 1.165) is 12.8 Å². The van der Waals surface area contributed by atoms with Crippen LogP contribution in [0.15, 0.2) is 18.2 Å². The second-order valence-electron chi connectivity index (χ2n) is 4.65. The number of ether oxygens (including phenoxy) is 1. The van der Waals surface area contributed by atoms with Crippen molar-refractivity contribution in [2.24, 2.45) is 0 Å². The molecule has 1 amide bonds. The van der Waals surface area contributed by atoms with E-state index in [4.69, 9.17) is 9.84 Å². The first-order chi connectivity index (χ1) is 9.63. The van der Waals surface area contributed by atoms with E-state index in [9.17, 15) is 9.18 Å². The molecule has 0 radical (unpaired) electrons. The average molecular weight is 277 g/mol. The van der Waals surface area contributed by atoms with Crippen molar-refractivity contribution in [1.82, 2.24) is 5.32 Å². The summed E-state index contributed by atoms with van der Waals surface area (Å²) in [6, 6.07) is 4.09. The van der Waals surface area contributed by atoms with Crippen LogP contribution in [0, 0.1) is 17.7 Å². The molecule has 2 N–H and O–H groups in total. The summed E-state index contributed by atoms with van der Waals surface area (Å²) in [4.78, 5) is 12.0. The Labute approximate surface area is 116 Å². The fourth-order valence-corrected chi connectivity index (χ4v) is 2.06. The summed E-state index contributed by atoms with van der Waals surface area (Å²) in [6.45, 7) is -0.278. The second-order valence-corrected chi connectivity index (χ2v) is 4.65. The van der Waals surface area contributed by atoms with Crippen molar-refractivity contribution in [2.75, 3.05) is 13.7 Å². The number of carbonyl (C=O) groups is 1. The Hall–Kier alpha value is -1.90. The van der Waals surface area contributed by atoms with Gasteiger partial charge in [-0.15, -0.1) is 0 Å². The van der Waals surface area contributed by atoms with Crippen LogP contribution in [0.3, 0.4) is 0 Å². The lowest BCUT2D eigenvalue weighted by atomic mass is 9.89. The number of aliphatic hydroxyl groups excluding tert-OH is 1. The molecule has 0 heterocycles. The lowest BCUT2D eigenvalue weighted by Gasteiger charge is -2.34. The van der Waals surface area contributed by atoms with Crippen LogP contribution in [0.1, 0.15) is 28.8 Å². The molecule has 1 aromatic rings. The van der Waals surface area contributed by atoms with Gasteiger partial charge in [0.25, 0.3) is 5.91 Å². The van der Waals surface area contributed by atoms with Gasteiger partial charge in [0, 0.05) is 18.7 Å². The van der Waals surface area contributed by atoms with Crippen molar-refractivity contribution in [2.45, 2.75) is 25.0 Å². The SMILES string of the molecule is COC1CC(NC(=O)c2cc(C#CCO)ccc2F)C1. The summed E-state index contributed by atoms with van der Waals surface area (Å²) in [5, 5.41) is 11.4. The zero-order chi connectivity index (χ0) is 14.5. The first kappa shape index (κ1) is 14.5. The number of hydrogen-bond acceptors (Lipinski definition) is 3. The van der Waals surface area contributed by atoms with Crippen LogP contribution < -0.4 is 5.32 Å². The minimum atomic E-state index is -0.584. The van der Waals surface area contributed by atoms with Crippen LogP contribution in [0.4, 0.5) is 4.39 Å². The van der Waals surface area contributed by atoms with Crippen molar-refractivity contribution in [3.05, 3.63) is 35.1 Å². The largest absolute Gasteiger partial charge is 0.384 e. The van der Waals surface area contributed by atoms with Gasteiger partial charge in [0.05, 0.1) is 11.7 Å². The quantitative estimate of drug-likeness (QED) is 0.813. The fourth-order valence-electron chi connectivity index (χ4n) is 2.06. The molecule has 0 saturated heterocycles. The predicted octanol–water partition coefficient (Wildman–Crippen LogP) is 1.08. The van der Waals surface area contributed by atoms with Crippen molar-refractivity contribution in [1.29, 1.82) is 0 Å². The van der Waals surface area contributed by atoms with Gasteiger partial charge in [-0.1, -0.05) is 11.8 Å². The van der Waals surface area contributed by atoms with E-state index in [1.54, 1.807) is 7.11 Å². The van der Waals surface area contributed by atoms with Gasteiger partial charge in [0.15, 0.2) is 0 Å². The summed E-state index contributed by atoms with van der Waals surface area (Å²) in [5.41, 5.74) is 0.463. The van der Waals surface area contributed by atoms with Crippen LogP contribution >= 0.6 is 0 Å². The highest BCUT2D eigenvalue weighted by molar-refractivity contribution is 5.95. The molecule has 1 fully saturated rings. The van der Waals surface area contributed by atoms with Crippen molar-refractivity contribution < 1.29 is 19.0 Å². The number of rotatable bonds is 3. The Bertz CT molecular complexity index is 556. The molecule has 1 saturated carbocycles. The van der Waals surface area contributed by atoms with Gasteiger partial charge < -0.3 is 15.2 Å². The maximum Gasteiger partial charge on any atom is 0.254 e. The van der Waals surface area contributed by atoms with Crippen molar-refractivity contribution >= 4 is 5.91 Å². The first-order valence-electron chi connectivity index (χ1n) is 6.37. The number of amides is 1. The number of nitrogens with one attached hydrogen (secondary N) is 1. The Morgan fingerprint density at radius 2 is 2.30 bits per heavy atom. The normalized spacial score (nSPS) is 20.6. The lowest BCUT2D eigenvalue weighted by Crippen LogP contribution is -2.47. The van der Waals surface area contributed by atoms with E-state index >= 15 is 0 Å². The Balaban J connectivity index is 2.05. The van der Waals surface area contributed by atoms with E-state index in [2.05, 4.69) is 17.2 Å². The molecular formula is C15H16FNO3. The van der Waals surface area contributed by atoms with Crippen molar-refractivity contribution in [3.63, 3.8) is 0 Å². The highest BCUT2D eigenvalue weighted by Crippen LogP contribution is 2.23. The highest BCUT2D eigenvalue weighted by Gasteiger charge is 2.30. The predicted molar refractivity (Wildman–Crippen MR) is 71.6 cm³/mol. The Morgan fingerprint density at radius 1 is 1.55 bits per heavy atom. The van der Waals surface area contributed by atoms with Crippen LogP contribution in [-0.2, 0) is 4.74 Å². The zero-order valence-corrected chi connectivity index (χ0v) is 11.1. The standard InChI is InChI=1S/C15H16FNO3/c1-20-12-8-11(9-12)17-15(19)13-7-10(3-2-6-18)4-5-14(13)16/h4-5,7,11-12,18H,6,8-9H2,1H3,(H,17,19). The van der Waals surface area contributed by atoms with Crippen molar-refractivity contribution in [3.8, 4) is 11.8 Å². The molecule has 0 atom stereocenters. The minimum absolute atomic E-state index is 0.0269. The number of methoxy groups -OCH3 is 1. The van der Waals surface area contributed by atoms with Gasteiger partial charge >= 0.3 is 0 Å². The molecular weight excluding hydrogens is 261 g/mol. The topological polar surface area (TPSA) is 58.6 Å². The third-order valence-electron chi connectivity index (χ3n) is 3.29. The van der Waals surface area contributed by atoms with Gasteiger partial charge in [-0.05, 0) is 31.0 Å². The third-order valence-corrected chi connectivity index (χ3v) is 3.29. The highest BCUT2D eigenvalue weighted by atomic mass is 19.1. The van der Waals surface area contributed by atoms with E-state index in [1.165, 1.54) is 18.2 Å². The number of benzene rings is 1. The first-order valence-corrected chi connectivity index (χ1v) is 6.37. The summed E-state index contributed by atoms with van der Waals surface area (Å²) in [7, 11) is 1.63. The molecule has 0 aliphatic heterocycles. The molecule has 0 bridgehead atoms. The van der Waals surface area contributed by atoms with E-state index < -0.39 is 11.7 Å². The summed E-state index contributed by atoms with van der Waals surface area (Å²) in [5.74, 6) is 4.08. The molecule has 0 unspecified atom stereocenters. The molecule has 4 nitrogen and oxygen atoms in total. The van der Waals surface area contributed by atoms with Crippen LogP contribution in [0.2, 0.25) is 0 Å². The molecule has 20 heavy (non-hydrogen) atoms. The van der Waals surface area contributed by atoms with Gasteiger partial charge in [0.2, 0.25) is 0 Å². The Kier molecular flexibility index (Phi) is 4.72.